The second-order valence-corrected chi connectivity index (χ2v) is 9.48. The van der Waals surface area contributed by atoms with Gasteiger partial charge in [0.15, 0.2) is 0 Å². The summed E-state index contributed by atoms with van der Waals surface area (Å²) in [5.74, 6) is -0.139. The molecule has 23 heavy (non-hydrogen) atoms. The first-order chi connectivity index (χ1) is 10.6. The number of hydrogen-bond donors (Lipinski definition) is 1. The van der Waals surface area contributed by atoms with Gasteiger partial charge in [-0.3, -0.25) is 4.72 Å². The summed E-state index contributed by atoms with van der Waals surface area (Å²) in [4.78, 5) is 0.108. The Labute approximate surface area is 140 Å². The molecule has 0 fully saturated rings. The van der Waals surface area contributed by atoms with Gasteiger partial charge in [0.2, 0.25) is 0 Å². The lowest BCUT2D eigenvalue weighted by Crippen LogP contribution is -2.13. The van der Waals surface area contributed by atoms with Gasteiger partial charge in [0.1, 0.15) is 0 Å². The highest BCUT2D eigenvalue weighted by molar-refractivity contribution is 8.13. The molecule has 124 valence electrons. The van der Waals surface area contributed by atoms with Crippen LogP contribution in [0.5, 0.6) is 0 Å². The number of halogens is 1. The summed E-state index contributed by atoms with van der Waals surface area (Å²) < 4.78 is 50.3. The fraction of sp³-hybridized carbons (Fsp3) is 0.200. The van der Waals surface area contributed by atoms with Gasteiger partial charge >= 0.3 is 0 Å². The van der Waals surface area contributed by atoms with Crippen LogP contribution in [0.4, 0.5) is 5.69 Å². The van der Waals surface area contributed by atoms with Gasteiger partial charge < -0.3 is 0 Å². The normalized spacial score (nSPS) is 12.3. The van der Waals surface area contributed by atoms with E-state index >= 15 is 0 Å². The van der Waals surface area contributed by atoms with Gasteiger partial charge in [-0.25, -0.2) is 16.8 Å². The molecule has 0 spiro atoms. The van der Waals surface area contributed by atoms with Crippen LogP contribution < -0.4 is 4.72 Å². The Hall–Kier alpha value is -1.57. The van der Waals surface area contributed by atoms with Crippen molar-refractivity contribution in [1.82, 2.24) is 0 Å². The van der Waals surface area contributed by atoms with E-state index in [0.29, 0.717) is 5.56 Å². The molecule has 0 aromatic heterocycles. The van der Waals surface area contributed by atoms with Gasteiger partial charge in [0, 0.05) is 16.4 Å². The van der Waals surface area contributed by atoms with Crippen LogP contribution >= 0.6 is 10.7 Å². The van der Waals surface area contributed by atoms with Gasteiger partial charge in [-0.2, -0.15) is 0 Å². The molecule has 0 aliphatic heterocycles. The molecule has 0 bridgehead atoms. The molecular formula is C15H16ClNO4S2. The van der Waals surface area contributed by atoms with E-state index in [1.165, 1.54) is 30.3 Å². The third kappa shape index (κ3) is 4.25. The van der Waals surface area contributed by atoms with Crippen LogP contribution in [-0.4, -0.2) is 16.8 Å². The van der Waals surface area contributed by atoms with Crippen LogP contribution in [0.2, 0.25) is 0 Å². The van der Waals surface area contributed by atoms with Crippen molar-refractivity contribution in [2.24, 2.45) is 0 Å². The molecule has 0 aliphatic carbocycles. The Kier molecular flexibility index (Phi) is 5.03. The molecule has 0 saturated carbocycles. The lowest BCUT2D eigenvalue weighted by atomic mass is 10.0. The average Bonchev–Trinajstić information content (AvgIpc) is 2.46. The molecule has 2 aromatic carbocycles. The second kappa shape index (κ2) is 6.51. The van der Waals surface area contributed by atoms with Crippen molar-refractivity contribution in [1.29, 1.82) is 0 Å². The van der Waals surface area contributed by atoms with Crippen LogP contribution in [0.25, 0.3) is 0 Å². The van der Waals surface area contributed by atoms with Crippen molar-refractivity contribution < 1.29 is 16.8 Å². The highest BCUT2D eigenvalue weighted by Gasteiger charge is 2.20. The van der Waals surface area contributed by atoms with E-state index in [1.54, 1.807) is 32.0 Å². The Morgan fingerprint density at radius 3 is 2.09 bits per heavy atom. The number of anilines is 1. The van der Waals surface area contributed by atoms with Crippen LogP contribution in [0, 0.1) is 0 Å². The minimum Gasteiger partial charge on any atom is -0.280 e. The van der Waals surface area contributed by atoms with E-state index in [2.05, 4.69) is 4.72 Å². The summed E-state index contributed by atoms with van der Waals surface area (Å²) >= 11 is 0. The molecule has 5 nitrogen and oxygen atoms in total. The molecule has 0 aliphatic rings. The second-order valence-electron chi connectivity index (χ2n) is 5.26. The summed E-state index contributed by atoms with van der Waals surface area (Å²) in [5.41, 5.74) is 0.731. The zero-order chi connectivity index (χ0) is 17.3. The molecule has 2 aromatic rings. The first-order valence-corrected chi connectivity index (χ1v) is 10.6. The standard InChI is InChI=1S/C15H16ClNO4S2/c1-11(2)14-10-12(8-9-15(14)22(16,18)19)17-23(20,21)13-6-4-3-5-7-13/h3-11,17H,1-2H3. The summed E-state index contributed by atoms with van der Waals surface area (Å²) in [6.45, 7) is 3.60. The Morgan fingerprint density at radius 2 is 1.57 bits per heavy atom. The van der Waals surface area contributed by atoms with E-state index in [-0.39, 0.29) is 21.4 Å². The zero-order valence-corrected chi connectivity index (χ0v) is 14.9. The third-order valence-electron chi connectivity index (χ3n) is 3.20. The zero-order valence-electron chi connectivity index (χ0n) is 12.5. The topological polar surface area (TPSA) is 80.3 Å². The minimum absolute atomic E-state index is 0.0168. The van der Waals surface area contributed by atoms with Crippen molar-refractivity contribution in [3.05, 3.63) is 54.1 Å². The van der Waals surface area contributed by atoms with Crippen molar-refractivity contribution in [3.63, 3.8) is 0 Å². The summed E-state index contributed by atoms with van der Waals surface area (Å²) in [7, 11) is -2.21. The Balaban J connectivity index is 2.45. The third-order valence-corrected chi connectivity index (χ3v) is 5.99. The van der Waals surface area contributed by atoms with Crippen molar-refractivity contribution in [3.8, 4) is 0 Å². The molecule has 8 heteroatoms. The largest absolute Gasteiger partial charge is 0.280 e. The van der Waals surface area contributed by atoms with E-state index in [9.17, 15) is 16.8 Å². The van der Waals surface area contributed by atoms with Crippen LogP contribution in [0.1, 0.15) is 25.3 Å². The Morgan fingerprint density at radius 1 is 0.957 bits per heavy atom. The highest BCUT2D eigenvalue weighted by Crippen LogP contribution is 2.30. The van der Waals surface area contributed by atoms with E-state index < -0.39 is 19.1 Å². The van der Waals surface area contributed by atoms with Crippen molar-refractivity contribution in [2.45, 2.75) is 29.6 Å². The fourth-order valence-electron chi connectivity index (χ4n) is 2.10. The maximum absolute atomic E-state index is 12.3. The minimum atomic E-state index is -3.90. The maximum Gasteiger partial charge on any atom is 0.261 e. The first kappa shape index (κ1) is 17.8. The number of rotatable bonds is 5. The molecular weight excluding hydrogens is 358 g/mol. The lowest BCUT2D eigenvalue weighted by molar-refractivity contribution is 0.601. The van der Waals surface area contributed by atoms with Gasteiger partial charge in [-0.15, -0.1) is 0 Å². The molecule has 1 N–H and O–H groups in total. The van der Waals surface area contributed by atoms with E-state index in [4.69, 9.17) is 10.7 Å². The predicted octanol–water partition coefficient (Wildman–Crippen LogP) is 3.54. The van der Waals surface area contributed by atoms with Gasteiger partial charge in [0.25, 0.3) is 19.1 Å². The molecule has 0 radical (unpaired) electrons. The predicted molar refractivity (Wildman–Crippen MR) is 90.8 cm³/mol. The van der Waals surface area contributed by atoms with Crippen molar-refractivity contribution >= 4 is 35.4 Å². The van der Waals surface area contributed by atoms with Gasteiger partial charge in [-0.1, -0.05) is 32.0 Å². The molecule has 0 heterocycles. The SMILES string of the molecule is CC(C)c1cc(NS(=O)(=O)c2ccccc2)ccc1S(=O)(=O)Cl. The van der Waals surface area contributed by atoms with Gasteiger partial charge in [0.05, 0.1) is 9.79 Å². The average molecular weight is 374 g/mol. The maximum atomic E-state index is 12.3. The molecule has 0 saturated heterocycles. The first-order valence-electron chi connectivity index (χ1n) is 6.78. The fourth-order valence-corrected chi connectivity index (χ4v) is 4.40. The van der Waals surface area contributed by atoms with Crippen molar-refractivity contribution in [2.75, 3.05) is 4.72 Å². The Bertz CT molecular complexity index is 908. The number of nitrogens with one attached hydrogen (secondary N) is 1. The number of sulfonamides is 1. The van der Waals surface area contributed by atoms with E-state index in [0.717, 1.165) is 0 Å². The van der Waals surface area contributed by atoms with Gasteiger partial charge in [-0.05, 0) is 41.8 Å². The molecule has 0 amide bonds. The lowest BCUT2D eigenvalue weighted by Gasteiger charge is -2.14. The van der Waals surface area contributed by atoms with Crippen LogP contribution in [-0.2, 0) is 19.1 Å². The van der Waals surface area contributed by atoms with E-state index in [1.807, 2.05) is 0 Å². The summed E-state index contributed by atoms with van der Waals surface area (Å²) in [6.07, 6.45) is 0. The number of hydrogen-bond acceptors (Lipinski definition) is 4. The summed E-state index contributed by atoms with van der Waals surface area (Å²) in [5, 5.41) is 0. The van der Waals surface area contributed by atoms with Crippen LogP contribution in [0.15, 0.2) is 58.3 Å². The van der Waals surface area contributed by atoms with Crippen LogP contribution in [0.3, 0.4) is 0 Å². The number of benzene rings is 2. The summed E-state index contributed by atoms with van der Waals surface area (Å²) in [6, 6.07) is 12.1. The molecule has 2 rings (SSSR count). The monoisotopic (exact) mass is 373 g/mol. The molecule has 0 atom stereocenters. The quantitative estimate of drug-likeness (QED) is 0.813. The highest BCUT2D eigenvalue weighted by atomic mass is 35.7. The smallest absolute Gasteiger partial charge is 0.261 e. The molecule has 0 unspecified atom stereocenters.